The van der Waals surface area contributed by atoms with Gasteiger partial charge in [-0.25, -0.2) is 20.7 Å². The van der Waals surface area contributed by atoms with Gasteiger partial charge in [-0.15, -0.1) is 0 Å². The van der Waals surface area contributed by atoms with E-state index in [1.165, 1.54) is 114 Å². The molecule has 4 heterocycles. The number of nitrogens with one attached hydrogen (secondary N) is 2. The number of carbonyl (C=O) groups is 2. The minimum atomic E-state index is -4.79. The summed E-state index contributed by atoms with van der Waals surface area (Å²) < 4.78 is 72.7. The Bertz CT molecular complexity index is 2870. The van der Waals surface area contributed by atoms with Gasteiger partial charge in [-0.2, -0.15) is 0 Å². The summed E-state index contributed by atoms with van der Waals surface area (Å²) in [5.74, 6) is -0.718. The molecule has 2 aromatic heterocycles. The molecule has 5 rings (SSSR count). The summed E-state index contributed by atoms with van der Waals surface area (Å²) in [7, 11) is -7.53. The Morgan fingerprint density at radius 1 is 0.771 bits per heavy atom. The fourth-order valence-electron chi connectivity index (χ4n) is 9.85. The third-order valence-electron chi connectivity index (χ3n) is 15.9. The SMILES string of the molecule is [C-]#[N+]CCOP(=O)(OC[C@H]1O[C@@H](n2cc(C)c(=O)[nH]c2=O)CC1OC(=O)CCC(=O)OCc1cc(C)c(C)c(OCCCCCCCCCCCCCCCCCC)c1)OC1[C@@H](CC)O[C@@H](n2ccc(=O)[nH]c2=O)[C@H]1O[Si](C)(C)C(C)(C)C. The molecule has 21 nitrogen and oxygen atoms in total. The highest BCUT2D eigenvalue weighted by atomic mass is 31.2. The number of carbonyl (C=O) groups excluding carboxylic acids is 2. The van der Waals surface area contributed by atoms with Crippen LogP contribution in [0.5, 0.6) is 5.75 Å². The number of H-pyrrole nitrogens is 2. The Morgan fingerprint density at radius 3 is 1.99 bits per heavy atom. The standard InChI is InChI=1S/C60H94N5O16PSi/c1-12-14-15-16-17-18-19-20-21-22-23-24-25-26-27-28-34-73-47-37-45(36-42(3)44(47)5)40-74-52(67)29-30-53(68)78-48-38-51(65-39-43(4)56(69)63-59(65)71)77-49(48)41-76-82(72,75-35-32-61-9)80-54-46(13-2)79-57(64-33-31-50(66)62-58(64)70)55(54)81-83(10,11)60(6,7)8/h31,33,36-37,39,46,48-49,51,54-55,57H,12-30,32,34-35,38,40-41H2,1-8,10-11H3,(H,62,66,70)(H,63,69,71)/t46-,48?,49-,51-,54?,55+,57-,82?/m1/s1. The van der Waals surface area contributed by atoms with Crippen LogP contribution in [0.4, 0.5) is 0 Å². The average Bonchev–Trinajstić information content (AvgIpc) is 2.74. The molecular weight excluding hydrogens is 1110 g/mol. The molecule has 2 aliphatic rings. The zero-order valence-electron chi connectivity index (χ0n) is 50.9. The second kappa shape index (κ2) is 33.6. The first kappa shape index (κ1) is 68.8. The van der Waals surface area contributed by atoms with Crippen molar-refractivity contribution in [1.82, 2.24) is 19.1 Å². The van der Waals surface area contributed by atoms with E-state index >= 15 is 0 Å². The highest BCUT2D eigenvalue weighted by Crippen LogP contribution is 2.55. The van der Waals surface area contributed by atoms with Crippen molar-refractivity contribution in [2.75, 3.05) is 26.4 Å². The maximum Gasteiger partial charge on any atom is 0.475 e. The number of rotatable bonds is 37. The van der Waals surface area contributed by atoms with Crippen LogP contribution in [0.15, 0.2) is 49.8 Å². The summed E-state index contributed by atoms with van der Waals surface area (Å²) in [5, 5.41) is -0.366. The number of phosphoric ester groups is 1. The van der Waals surface area contributed by atoms with Gasteiger partial charge in [0.15, 0.2) is 14.5 Å². The summed E-state index contributed by atoms with van der Waals surface area (Å²) in [6, 6.07) is 4.98. The molecule has 1 aromatic carbocycles. The number of ether oxygens (including phenoxy) is 5. The predicted octanol–water partition coefficient (Wildman–Crippen LogP) is 11.5. The first-order valence-corrected chi connectivity index (χ1v) is 34.5. The number of aromatic amines is 2. The van der Waals surface area contributed by atoms with Gasteiger partial charge < -0.3 is 33.0 Å². The molecule has 23 heteroatoms. The van der Waals surface area contributed by atoms with Gasteiger partial charge in [0, 0.05) is 30.4 Å². The molecule has 2 N–H and O–H groups in total. The molecule has 83 heavy (non-hydrogen) atoms. The van der Waals surface area contributed by atoms with Gasteiger partial charge >= 0.3 is 31.1 Å². The summed E-state index contributed by atoms with van der Waals surface area (Å²) in [4.78, 5) is 85.3. The van der Waals surface area contributed by atoms with E-state index in [0.717, 1.165) is 45.9 Å². The normalized spacial score (nSPS) is 20.7. The molecule has 3 aromatic rings. The highest BCUT2D eigenvalue weighted by Gasteiger charge is 2.54. The van der Waals surface area contributed by atoms with E-state index in [4.69, 9.17) is 48.3 Å². The van der Waals surface area contributed by atoms with Gasteiger partial charge in [0.05, 0.1) is 32.2 Å². The van der Waals surface area contributed by atoms with E-state index < -0.39 is 107 Å². The Hall–Kier alpha value is -4.98. The first-order valence-electron chi connectivity index (χ1n) is 30.1. The number of nitrogens with zero attached hydrogens (tertiary/aromatic N) is 3. The minimum absolute atomic E-state index is 0.0448. The van der Waals surface area contributed by atoms with Crippen LogP contribution in [0, 0.1) is 27.3 Å². The topological polar surface area (TPSA) is 248 Å². The number of unbranched alkanes of at least 4 members (excludes halogenated alkanes) is 15. The maximum atomic E-state index is 15.0. The molecular formula is C60H94N5O16PSi. The van der Waals surface area contributed by atoms with E-state index in [1.54, 1.807) is 6.92 Å². The van der Waals surface area contributed by atoms with E-state index in [0.29, 0.717) is 6.61 Å². The second-order valence-electron chi connectivity index (χ2n) is 23.6. The van der Waals surface area contributed by atoms with Crippen LogP contribution < -0.4 is 27.2 Å². The third kappa shape index (κ3) is 21.5. The monoisotopic (exact) mass is 1200 g/mol. The highest BCUT2D eigenvalue weighted by molar-refractivity contribution is 7.48. The van der Waals surface area contributed by atoms with Crippen LogP contribution in [-0.2, 0) is 57.7 Å². The van der Waals surface area contributed by atoms with E-state index in [1.807, 2.05) is 59.8 Å². The van der Waals surface area contributed by atoms with E-state index in [2.05, 4.69) is 21.7 Å². The summed E-state index contributed by atoms with van der Waals surface area (Å²) >= 11 is 0. The fourth-order valence-corrected chi connectivity index (χ4v) is 12.5. The molecule has 2 aliphatic heterocycles. The van der Waals surface area contributed by atoms with Crippen LogP contribution in [0.2, 0.25) is 18.1 Å². The summed E-state index contributed by atoms with van der Waals surface area (Å²) in [6.07, 6.45) is 14.8. The molecule has 0 spiro atoms. The van der Waals surface area contributed by atoms with E-state index in [9.17, 15) is 33.3 Å². The molecule has 2 fully saturated rings. The second-order valence-corrected chi connectivity index (χ2v) is 30.0. The van der Waals surface area contributed by atoms with E-state index in [-0.39, 0.29) is 49.4 Å². The largest absolute Gasteiger partial charge is 0.493 e. The maximum absolute atomic E-state index is 15.0. The minimum Gasteiger partial charge on any atom is -0.493 e. The van der Waals surface area contributed by atoms with Crippen molar-refractivity contribution in [3.05, 3.63) is 106 Å². The van der Waals surface area contributed by atoms with Gasteiger partial charge in [0.1, 0.15) is 49.6 Å². The molecule has 0 saturated carbocycles. The van der Waals surface area contributed by atoms with Crippen LogP contribution in [0.1, 0.15) is 198 Å². The third-order valence-corrected chi connectivity index (χ3v) is 21.9. The fraction of sp³-hybridized carbons (Fsp3) is 0.717. The quantitative estimate of drug-likeness (QED) is 0.0179. The molecule has 3 unspecified atom stereocenters. The Kier molecular flexibility index (Phi) is 27.9. The number of hydrogen-bond donors (Lipinski definition) is 2. The lowest BCUT2D eigenvalue weighted by Gasteiger charge is -2.40. The molecule has 0 radical (unpaired) electrons. The molecule has 464 valence electrons. The van der Waals surface area contributed by atoms with Crippen molar-refractivity contribution < 1.29 is 55.8 Å². The zero-order valence-corrected chi connectivity index (χ0v) is 52.8. The van der Waals surface area contributed by atoms with Crippen LogP contribution in [-0.4, -0.2) is 96.2 Å². The zero-order chi connectivity index (χ0) is 60.7. The van der Waals surface area contributed by atoms with Gasteiger partial charge in [-0.05, 0) is 74.5 Å². The summed E-state index contributed by atoms with van der Waals surface area (Å²) in [5.41, 5.74) is 0.128. The number of aryl methyl sites for hydroxylation is 2. The number of phosphoric acid groups is 1. The smallest absolute Gasteiger partial charge is 0.475 e. The Balaban J connectivity index is 1.19. The average molecular weight is 1200 g/mol. The van der Waals surface area contributed by atoms with Crippen molar-refractivity contribution in [3.8, 4) is 5.75 Å². The molecule has 0 bridgehead atoms. The van der Waals surface area contributed by atoms with Crippen molar-refractivity contribution in [2.45, 2.75) is 252 Å². The lowest BCUT2D eigenvalue weighted by molar-refractivity contribution is -0.157. The van der Waals surface area contributed by atoms with Crippen molar-refractivity contribution in [2.24, 2.45) is 0 Å². The Morgan fingerprint density at radius 2 is 1.39 bits per heavy atom. The molecule has 2 saturated heterocycles. The van der Waals surface area contributed by atoms with Gasteiger partial charge in [-0.3, -0.25) is 51.9 Å². The van der Waals surface area contributed by atoms with Crippen LogP contribution >= 0.6 is 7.82 Å². The van der Waals surface area contributed by atoms with Crippen LogP contribution in [0.25, 0.3) is 4.85 Å². The van der Waals surface area contributed by atoms with Crippen molar-refractivity contribution >= 4 is 28.1 Å². The Labute approximate surface area is 490 Å². The number of benzene rings is 1. The van der Waals surface area contributed by atoms with Crippen molar-refractivity contribution in [1.29, 1.82) is 0 Å². The molecule has 8 atom stereocenters. The lowest BCUT2D eigenvalue weighted by atomic mass is 10.0. The number of esters is 2. The number of aromatic nitrogens is 4. The first-order chi connectivity index (χ1) is 39.5. The van der Waals surface area contributed by atoms with Crippen LogP contribution in [0.3, 0.4) is 0 Å². The lowest BCUT2D eigenvalue weighted by Crippen LogP contribution is -2.50. The molecule has 0 aliphatic carbocycles. The molecule has 0 amide bonds. The summed E-state index contributed by atoms with van der Waals surface area (Å²) in [6.45, 7) is 26.2. The van der Waals surface area contributed by atoms with Crippen molar-refractivity contribution in [3.63, 3.8) is 0 Å². The van der Waals surface area contributed by atoms with Gasteiger partial charge in [-0.1, -0.05) is 137 Å². The number of hydrogen-bond acceptors (Lipinski definition) is 16. The van der Waals surface area contributed by atoms with Gasteiger partial charge in [0.2, 0.25) is 6.54 Å². The predicted molar refractivity (Wildman–Crippen MR) is 318 cm³/mol. The van der Waals surface area contributed by atoms with Gasteiger partial charge in [0.25, 0.3) is 11.1 Å².